The normalized spacial score (nSPS) is 13.7. The largest absolute Gasteiger partial charge is 0.264 e. The summed E-state index contributed by atoms with van der Waals surface area (Å²) < 4.78 is 28.1. The number of hydrogen-bond donors (Lipinski definition) is 1. The highest BCUT2D eigenvalue weighted by Crippen LogP contribution is 2.22. The minimum atomic E-state index is -3.55. The van der Waals surface area contributed by atoms with E-state index in [2.05, 4.69) is 39.5 Å². The summed E-state index contributed by atoms with van der Waals surface area (Å²) in [6.45, 7) is 4.15. The fourth-order valence-corrected chi connectivity index (χ4v) is 4.44. The van der Waals surface area contributed by atoms with Gasteiger partial charge in [0.25, 0.3) is 0 Å². The Balaban J connectivity index is 2.38. The molecule has 1 atom stereocenters. The fourth-order valence-electron chi connectivity index (χ4n) is 2.32. The molecule has 1 unspecified atom stereocenters. The standard InChI is InChI=1S/C15H19BrN2O2S/c1-11(2)8-13(9-16)18-21(19,20)15-5-3-4-12-10-17-7-6-14(12)15/h3-7,10-11,13,18H,8-9H2,1-2H3. The lowest BCUT2D eigenvalue weighted by atomic mass is 10.1. The molecule has 114 valence electrons. The van der Waals surface area contributed by atoms with E-state index in [0.717, 1.165) is 11.8 Å². The molecule has 0 aliphatic rings. The van der Waals surface area contributed by atoms with E-state index >= 15 is 0 Å². The molecule has 0 bridgehead atoms. The molecule has 0 spiro atoms. The van der Waals surface area contributed by atoms with E-state index in [1.807, 2.05) is 6.07 Å². The lowest BCUT2D eigenvalue weighted by Crippen LogP contribution is -2.37. The second-order valence-electron chi connectivity index (χ2n) is 5.46. The van der Waals surface area contributed by atoms with Crippen molar-refractivity contribution in [1.29, 1.82) is 0 Å². The summed E-state index contributed by atoms with van der Waals surface area (Å²) in [6.07, 6.45) is 4.07. The van der Waals surface area contributed by atoms with Crippen molar-refractivity contribution in [2.24, 2.45) is 5.92 Å². The van der Waals surface area contributed by atoms with Gasteiger partial charge >= 0.3 is 0 Å². The third-order valence-corrected chi connectivity index (χ3v) is 5.55. The van der Waals surface area contributed by atoms with Crippen molar-refractivity contribution < 1.29 is 8.42 Å². The quantitative estimate of drug-likeness (QED) is 0.793. The molecule has 1 heterocycles. The number of sulfonamides is 1. The number of pyridine rings is 1. The molecule has 0 saturated carbocycles. The van der Waals surface area contributed by atoms with Gasteiger partial charge in [0.15, 0.2) is 0 Å². The van der Waals surface area contributed by atoms with Gasteiger partial charge in [-0.1, -0.05) is 41.9 Å². The van der Waals surface area contributed by atoms with Crippen molar-refractivity contribution in [3.8, 4) is 0 Å². The zero-order chi connectivity index (χ0) is 15.5. The second-order valence-corrected chi connectivity index (χ2v) is 7.78. The van der Waals surface area contributed by atoms with E-state index in [4.69, 9.17) is 0 Å². The maximum absolute atomic E-state index is 12.6. The van der Waals surface area contributed by atoms with Crippen molar-refractivity contribution in [2.75, 3.05) is 5.33 Å². The lowest BCUT2D eigenvalue weighted by molar-refractivity contribution is 0.488. The Morgan fingerprint density at radius 2 is 2.05 bits per heavy atom. The predicted octanol–water partition coefficient (Wildman–Crippen LogP) is 3.32. The van der Waals surface area contributed by atoms with Gasteiger partial charge in [-0.3, -0.25) is 4.98 Å². The third-order valence-electron chi connectivity index (χ3n) is 3.19. The van der Waals surface area contributed by atoms with Crippen LogP contribution in [0.25, 0.3) is 10.8 Å². The molecule has 4 nitrogen and oxygen atoms in total. The van der Waals surface area contributed by atoms with Gasteiger partial charge in [0.05, 0.1) is 4.90 Å². The van der Waals surface area contributed by atoms with Gasteiger partial charge in [0, 0.05) is 34.5 Å². The summed E-state index contributed by atoms with van der Waals surface area (Å²) in [5, 5.41) is 2.11. The van der Waals surface area contributed by atoms with Crippen LogP contribution in [-0.2, 0) is 10.0 Å². The zero-order valence-corrected chi connectivity index (χ0v) is 14.5. The first-order valence-corrected chi connectivity index (χ1v) is 9.45. The minimum Gasteiger partial charge on any atom is -0.264 e. The second kappa shape index (κ2) is 6.85. The van der Waals surface area contributed by atoms with E-state index in [1.165, 1.54) is 0 Å². The van der Waals surface area contributed by atoms with Gasteiger partial charge in [0.2, 0.25) is 10.0 Å². The molecular formula is C15H19BrN2O2S. The monoisotopic (exact) mass is 370 g/mol. The van der Waals surface area contributed by atoms with Crippen LogP contribution in [0.2, 0.25) is 0 Å². The summed E-state index contributed by atoms with van der Waals surface area (Å²) in [5.74, 6) is 0.423. The zero-order valence-electron chi connectivity index (χ0n) is 12.1. The van der Waals surface area contributed by atoms with Gasteiger partial charge in [-0.25, -0.2) is 13.1 Å². The summed E-state index contributed by atoms with van der Waals surface area (Å²) in [4.78, 5) is 4.33. The molecule has 1 aromatic heterocycles. The molecule has 0 amide bonds. The van der Waals surface area contributed by atoms with Gasteiger partial charge < -0.3 is 0 Å². The average Bonchev–Trinajstić information content (AvgIpc) is 2.45. The molecule has 1 N–H and O–H groups in total. The van der Waals surface area contributed by atoms with Crippen LogP contribution in [0.4, 0.5) is 0 Å². The Hall–Kier alpha value is -0.980. The van der Waals surface area contributed by atoms with Gasteiger partial charge in [0.1, 0.15) is 0 Å². The first kappa shape index (κ1) is 16.4. The smallest absolute Gasteiger partial charge is 0.241 e. The molecule has 0 fully saturated rings. The molecular weight excluding hydrogens is 352 g/mol. The molecule has 21 heavy (non-hydrogen) atoms. The minimum absolute atomic E-state index is 0.118. The van der Waals surface area contributed by atoms with Gasteiger partial charge in [-0.05, 0) is 24.5 Å². The van der Waals surface area contributed by atoms with Crippen molar-refractivity contribution >= 4 is 36.7 Å². The van der Waals surface area contributed by atoms with Crippen LogP contribution in [0.3, 0.4) is 0 Å². The number of nitrogens with zero attached hydrogens (tertiary/aromatic N) is 1. The molecule has 0 radical (unpaired) electrons. The number of fused-ring (bicyclic) bond motifs is 1. The van der Waals surface area contributed by atoms with Crippen molar-refractivity contribution in [2.45, 2.75) is 31.2 Å². The number of rotatable bonds is 6. The van der Waals surface area contributed by atoms with Gasteiger partial charge in [-0.15, -0.1) is 0 Å². The van der Waals surface area contributed by atoms with Crippen LogP contribution in [0.15, 0.2) is 41.6 Å². The fraction of sp³-hybridized carbons (Fsp3) is 0.400. The Morgan fingerprint density at radius 3 is 2.71 bits per heavy atom. The van der Waals surface area contributed by atoms with E-state index in [-0.39, 0.29) is 6.04 Å². The van der Waals surface area contributed by atoms with E-state index in [0.29, 0.717) is 21.5 Å². The lowest BCUT2D eigenvalue weighted by Gasteiger charge is -2.19. The molecule has 6 heteroatoms. The van der Waals surface area contributed by atoms with E-state index < -0.39 is 10.0 Å². The average molecular weight is 371 g/mol. The van der Waals surface area contributed by atoms with Gasteiger partial charge in [-0.2, -0.15) is 0 Å². The first-order chi connectivity index (χ1) is 9.94. The maximum Gasteiger partial charge on any atom is 0.241 e. The van der Waals surface area contributed by atoms with Crippen LogP contribution < -0.4 is 4.72 Å². The maximum atomic E-state index is 12.6. The van der Waals surface area contributed by atoms with Crippen molar-refractivity contribution in [1.82, 2.24) is 9.71 Å². The molecule has 1 aromatic carbocycles. The molecule has 0 aliphatic heterocycles. The van der Waals surface area contributed by atoms with Crippen LogP contribution in [0.5, 0.6) is 0 Å². The van der Waals surface area contributed by atoms with E-state index in [1.54, 1.807) is 30.6 Å². The SMILES string of the molecule is CC(C)CC(CBr)NS(=O)(=O)c1cccc2cnccc12. The Bertz CT molecular complexity index is 711. The molecule has 2 rings (SSSR count). The van der Waals surface area contributed by atoms with Crippen LogP contribution >= 0.6 is 15.9 Å². The highest BCUT2D eigenvalue weighted by molar-refractivity contribution is 9.09. The number of benzene rings is 1. The summed E-state index contributed by atoms with van der Waals surface area (Å²) in [7, 11) is -3.55. The first-order valence-electron chi connectivity index (χ1n) is 6.85. The Kier molecular flexibility index (Phi) is 5.35. The molecule has 2 aromatic rings. The Labute approximate surface area is 134 Å². The number of nitrogens with one attached hydrogen (secondary N) is 1. The number of halogens is 1. The highest BCUT2D eigenvalue weighted by atomic mass is 79.9. The predicted molar refractivity (Wildman–Crippen MR) is 89.1 cm³/mol. The number of hydrogen-bond acceptors (Lipinski definition) is 3. The summed E-state index contributed by atoms with van der Waals surface area (Å²) in [6, 6.07) is 6.84. The van der Waals surface area contributed by atoms with Crippen molar-refractivity contribution in [3.63, 3.8) is 0 Å². The third kappa shape index (κ3) is 4.02. The molecule has 0 aliphatic carbocycles. The summed E-state index contributed by atoms with van der Waals surface area (Å²) >= 11 is 3.38. The number of alkyl halides is 1. The Morgan fingerprint density at radius 1 is 1.29 bits per heavy atom. The highest BCUT2D eigenvalue weighted by Gasteiger charge is 2.22. The summed E-state index contributed by atoms with van der Waals surface area (Å²) in [5.41, 5.74) is 0. The topological polar surface area (TPSA) is 59.1 Å². The number of aromatic nitrogens is 1. The molecule has 0 saturated heterocycles. The van der Waals surface area contributed by atoms with E-state index in [9.17, 15) is 8.42 Å². The van der Waals surface area contributed by atoms with Crippen LogP contribution in [0, 0.1) is 5.92 Å². The van der Waals surface area contributed by atoms with Crippen molar-refractivity contribution in [3.05, 3.63) is 36.7 Å². The van der Waals surface area contributed by atoms with Crippen LogP contribution in [-0.4, -0.2) is 24.8 Å². The van der Waals surface area contributed by atoms with Crippen LogP contribution in [0.1, 0.15) is 20.3 Å².